The molecule has 0 saturated carbocycles. The van der Waals surface area contributed by atoms with E-state index < -0.39 is 27.0 Å². The van der Waals surface area contributed by atoms with Gasteiger partial charge >= 0.3 is 5.97 Å². The lowest BCUT2D eigenvalue weighted by Gasteiger charge is -2.22. The Kier molecular flexibility index (Phi) is 6.75. The number of ether oxygens (including phenoxy) is 1. The van der Waals surface area contributed by atoms with Gasteiger partial charge in [0.15, 0.2) is 9.84 Å². The van der Waals surface area contributed by atoms with Crippen LogP contribution in [0.4, 0.5) is 0 Å². The number of rotatable bonds is 7. The third kappa shape index (κ3) is 4.79. The van der Waals surface area contributed by atoms with E-state index >= 15 is 0 Å². The van der Waals surface area contributed by atoms with Crippen molar-refractivity contribution in [1.82, 2.24) is 4.90 Å². The third-order valence-electron chi connectivity index (χ3n) is 3.58. The van der Waals surface area contributed by atoms with Crippen LogP contribution in [0.3, 0.4) is 0 Å². The first-order chi connectivity index (χ1) is 10.7. The Labute approximate surface area is 137 Å². The molecular weight excluding hydrogens is 318 g/mol. The minimum absolute atomic E-state index is 0.0213. The van der Waals surface area contributed by atoms with Crippen LogP contribution in [0.15, 0.2) is 24.3 Å². The number of nitrogens with zero attached hydrogens (tertiary/aromatic N) is 1. The Morgan fingerprint density at radius 3 is 2.43 bits per heavy atom. The molecule has 0 N–H and O–H groups in total. The fourth-order valence-corrected chi connectivity index (χ4v) is 3.64. The van der Waals surface area contributed by atoms with Crippen LogP contribution in [0.1, 0.15) is 36.2 Å². The molecule has 1 aromatic carbocycles. The van der Waals surface area contributed by atoms with Crippen molar-refractivity contribution in [2.75, 3.05) is 19.9 Å². The summed E-state index contributed by atoms with van der Waals surface area (Å²) in [5, 5.41) is -1.10. The van der Waals surface area contributed by atoms with Crippen LogP contribution in [0.25, 0.3) is 0 Å². The van der Waals surface area contributed by atoms with Gasteiger partial charge in [0.1, 0.15) is 5.25 Å². The monoisotopic (exact) mass is 341 g/mol. The third-order valence-corrected chi connectivity index (χ3v) is 5.84. The number of sulfone groups is 1. The quantitative estimate of drug-likeness (QED) is 0.704. The van der Waals surface area contributed by atoms with Crippen molar-refractivity contribution in [2.24, 2.45) is 0 Å². The number of amides is 1. The number of benzene rings is 1. The van der Waals surface area contributed by atoms with E-state index in [0.29, 0.717) is 17.5 Å². The number of methoxy groups -OCH3 is 1. The van der Waals surface area contributed by atoms with Crippen LogP contribution < -0.4 is 0 Å². The van der Waals surface area contributed by atoms with E-state index in [4.69, 9.17) is 4.74 Å². The highest BCUT2D eigenvalue weighted by Crippen LogP contribution is 2.14. The number of esters is 1. The van der Waals surface area contributed by atoms with Crippen molar-refractivity contribution in [3.63, 3.8) is 0 Å². The average molecular weight is 341 g/mol. The Hall–Kier alpha value is -1.89. The molecule has 1 amide bonds. The average Bonchev–Trinajstić information content (AvgIpc) is 2.53. The second-order valence-electron chi connectivity index (χ2n) is 5.35. The van der Waals surface area contributed by atoms with Gasteiger partial charge in [-0.3, -0.25) is 4.79 Å². The molecule has 1 rings (SSSR count). The maximum Gasteiger partial charge on any atom is 0.338 e. The molecule has 0 aliphatic rings. The predicted octanol–water partition coefficient (Wildman–Crippen LogP) is 1.64. The van der Waals surface area contributed by atoms with E-state index in [-0.39, 0.29) is 12.3 Å². The summed E-state index contributed by atoms with van der Waals surface area (Å²) in [6.07, 6.45) is 0.467. The molecule has 7 heteroatoms. The zero-order valence-corrected chi connectivity index (χ0v) is 14.7. The van der Waals surface area contributed by atoms with Crippen LogP contribution in [0.2, 0.25) is 0 Å². The lowest BCUT2D eigenvalue weighted by Crippen LogP contribution is -2.40. The van der Waals surface area contributed by atoms with Gasteiger partial charge in [0.25, 0.3) is 0 Å². The SMILES string of the molecule is CCCS(=O)(=O)[C@H](C)C(=O)N(C)Cc1ccccc1C(=O)OC. The lowest BCUT2D eigenvalue weighted by molar-refractivity contribution is -0.129. The first-order valence-electron chi connectivity index (χ1n) is 7.37. The Balaban J connectivity index is 2.94. The molecule has 1 atom stereocenters. The van der Waals surface area contributed by atoms with Crippen LogP contribution >= 0.6 is 0 Å². The van der Waals surface area contributed by atoms with E-state index in [1.165, 1.54) is 26.0 Å². The summed E-state index contributed by atoms with van der Waals surface area (Å²) in [6.45, 7) is 3.29. The number of hydrogen-bond donors (Lipinski definition) is 0. The molecule has 0 heterocycles. The molecule has 6 nitrogen and oxygen atoms in total. The highest BCUT2D eigenvalue weighted by Gasteiger charge is 2.29. The summed E-state index contributed by atoms with van der Waals surface area (Å²) in [7, 11) is -0.654. The fraction of sp³-hybridized carbons (Fsp3) is 0.500. The minimum atomic E-state index is -3.46. The number of hydrogen-bond acceptors (Lipinski definition) is 5. The van der Waals surface area contributed by atoms with Gasteiger partial charge in [-0.05, 0) is 25.0 Å². The minimum Gasteiger partial charge on any atom is -0.465 e. The van der Waals surface area contributed by atoms with E-state index in [1.54, 1.807) is 31.2 Å². The molecular formula is C16H23NO5S. The maximum atomic E-state index is 12.4. The second kappa shape index (κ2) is 8.10. The Morgan fingerprint density at radius 1 is 1.26 bits per heavy atom. The molecule has 128 valence electrons. The first-order valence-corrected chi connectivity index (χ1v) is 9.08. The topological polar surface area (TPSA) is 80.8 Å². The van der Waals surface area contributed by atoms with Crippen molar-refractivity contribution >= 4 is 21.7 Å². The first kappa shape index (κ1) is 19.2. The van der Waals surface area contributed by atoms with Gasteiger partial charge in [0.2, 0.25) is 5.91 Å². The summed E-state index contributed by atoms with van der Waals surface area (Å²) in [5.74, 6) is -1.00. The van der Waals surface area contributed by atoms with Gasteiger partial charge in [-0.25, -0.2) is 13.2 Å². The van der Waals surface area contributed by atoms with Gasteiger partial charge in [0, 0.05) is 13.6 Å². The summed E-state index contributed by atoms with van der Waals surface area (Å²) in [4.78, 5) is 25.4. The molecule has 1 aromatic rings. The fourth-order valence-electron chi connectivity index (χ4n) is 2.23. The van der Waals surface area contributed by atoms with Crippen LogP contribution in [-0.2, 0) is 25.9 Å². The zero-order chi connectivity index (χ0) is 17.6. The Bertz CT molecular complexity index is 669. The molecule has 0 unspecified atom stereocenters. The van der Waals surface area contributed by atoms with Crippen molar-refractivity contribution in [1.29, 1.82) is 0 Å². The van der Waals surface area contributed by atoms with Crippen molar-refractivity contribution < 1.29 is 22.7 Å². The number of carbonyl (C=O) groups is 2. The van der Waals surface area contributed by atoms with Crippen LogP contribution in [-0.4, -0.2) is 50.4 Å². The van der Waals surface area contributed by atoms with Crippen molar-refractivity contribution in [3.05, 3.63) is 35.4 Å². The van der Waals surface area contributed by atoms with E-state index in [2.05, 4.69) is 0 Å². The summed E-state index contributed by atoms with van der Waals surface area (Å²) in [6, 6.07) is 6.77. The van der Waals surface area contributed by atoms with Gasteiger partial charge in [0.05, 0.1) is 18.4 Å². The highest BCUT2D eigenvalue weighted by molar-refractivity contribution is 7.92. The van der Waals surface area contributed by atoms with E-state index in [1.807, 2.05) is 0 Å². The predicted molar refractivity (Wildman–Crippen MR) is 87.8 cm³/mol. The molecule has 0 fully saturated rings. The molecule has 0 saturated heterocycles. The molecule has 0 aromatic heterocycles. The summed E-state index contributed by atoms with van der Waals surface area (Å²) >= 11 is 0. The number of carbonyl (C=O) groups excluding carboxylic acids is 2. The van der Waals surface area contributed by atoms with Crippen LogP contribution in [0.5, 0.6) is 0 Å². The molecule has 23 heavy (non-hydrogen) atoms. The van der Waals surface area contributed by atoms with Gasteiger partial charge in [-0.2, -0.15) is 0 Å². The summed E-state index contributed by atoms with van der Waals surface area (Å²) in [5.41, 5.74) is 0.967. The van der Waals surface area contributed by atoms with E-state index in [9.17, 15) is 18.0 Å². The highest BCUT2D eigenvalue weighted by atomic mass is 32.2. The molecule has 0 spiro atoms. The van der Waals surface area contributed by atoms with Crippen molar-refractivity contribution in [3.8, 4) is 0 Å². The second-order valence-corrected chi connectivity index (χ2v) is 7.79. The van der Waals surface area contributed by atoms with Crippen molar-refractivity contribution in [2.45, 2.75) is 32.1 Å². The Morgan fingerprint density at radius 2 is 1.87 bits per heavy atom. The van der Waals surface area contributed by atoms with Gasteiger partial charge in [-0.15, -0.1) is 0 Å². The maximum absolute atomic E-state index is 12.4. The summed E-state index contributed by atoms with van der Waals surface area (Å²) < 4.78 is 28.8. The van der Waals surface area contributed by atoms with E-state index in [0.717, 1.165) is 0 Å². The standard InChI is InChI=1S/C16H23NO5S/c1-5-10-23(20,21)12(2)15(18)17(3)11-13-8-6-7-9-14(13)16(19)22-4/h6-9,12H,5,10-11H2,1-4H3/t12-/m1/s1. The van der Waals surface area contributed by atoms with Gasteiger partial charge < -0.3 is 9.64 Å². The molecule has 0 bridgehead atoms. The van der Waals surface area contributed by atoms with Gasteiger partial charge in [-0.1, -0.05) is 25.1 Å². The van der Waals surface area contributed by atoms with Crippen LogP contribution in [0, 0.1) is 0 Å². The lowest BCUT2D eigenvalue weighted by atomic mass is 10.1. The largest absolute Gasteiger partial charge is 0.465 e. The molecule has 0 aliphatic carbocycles. The normalized spacial score (nSPS) is 12.5. The zero-order valence-electron chi connectivity index (χ0n) is 13.9. The molecule has 0 aliphatic heterocycles. The smallest absolute Gasteiger partial charge is 0.338 e. The molecule has 0 radical (unpaired) electrons.